The molecule has 1 aromatic heterocycles. The fraction of sp³-hybridized carbons (Fsp3) is 0.346. The van der Waals surface area contributed by atoms with Crippen LogP contribution in [0.3, 0.4) is 0 Å². The molecule has 1 unspecified atom stereocenters. The Bertz CT molecular complexity index is 996. The van der Waals surface area contributed by atoms with Crippen LogP contribution in [0.5, 0.6) is 0 Å². The Morgan fingerprint density at radius 2 is 1.50 bits per heavy atom. The molecule has 1 atom stereocenters. The van der Waals surface area contributed by atoms with Crippen LogP contribution in [0, 0.1) is 17.8 Å². The number of ketones is 1. The quantitative estimate of drug-likeness (QED) is 0.375. The van der Waals surface area contributed by atoms with E-state index in [0.717, 1.165) is 32.3 Å². The molecule has 3 aromatic rings. The second kappa shape index (κ2) is 9.59. The Morgan fingerprint density at radius 1 is 0.867 bits per heavy atom. The van der Waals surface area contributed by atoms with Crippen molar-refractivity contribution in [2.24, 2.45) is 17.8 Å². The molecule has 0 radical (unpaired) electrons. The third-order valence-corrected chi connectivity index (χ3v) is 6.54. The maximum atomic E-state index is 13.0. The van der Waals surface area contributed by atoms with E-state index >= 15 is 0 Å². The Hall–Kier alpha value is -2.43. The van der Waals surface area contributed by atoms with Crippen molar-refractivity contribution in [3.63, 3.8) is 0 Å². The number of benzene rings is 2. The standard InChI is InChI=1S/C26H31NO2S/c1-16(2)25(17(3)4)26(29)24-13-12-23(30-24)20-9-7-11-22(15-20)27-21-10-6-8-19(14-21)18(5)28/h6-18,25,27-28H,1-5H3. The van der Waals surface area contributed by atoms with Crippen molar-refractivity contribution in [2.45, 2.75) is 40.7 Å². The van der Waals surface area contributed by atoms with Crippen LogP contribution in [0.1, 0.15) is 56.0 Å². The third-order valence-electron chi connectivity index (χ3n) is 5.39. The van der Waals surface area contributed by atoms with E-state index in [1.54, 1.807) is 18.3 Å². The van der Waals surface area contributed by atoms with E-state index in [2.05, 4.69) is 45.1 Å². The van der Waals surface area contributed by atoms with Crippen LogP contribution in [0.4, 0.5) is 11.4 Å². The number of anilines is 2. The van der Waals surface area contributed by atoms with Crippen LogP contribution in [0.25, 0.3) is 10.4 Å². The van der Waals surface area contributed by atoms with E-state index in [4.69, 9.17) is 0 Å². The van der Waals surface area contributed by atoms with Gasteiger partial charge in [0.25, 0.3) is 0 Å². The third kappa shape index (κ3) is 5.18. The number of thiophene rings is 1. The summed E-state index contributed by atoms with van der Waals surface area (Å²) in [4.78, 5) is 15.0. The molecule has 0 aliphatic heterocycles. The van der Waals surface area contributed by atoms with Gasteiger partial charge in [-0.1, -0.05) is 52.0 Å². The number of carbonyl (C=O) groups excluding carboxylic acids is 1. The minimum atomic E-state index is -0.499. The number of nitrogens with one attached hydrogen (secondary N) is 1. The number of aliphatic hydroxyl groups excluding tert-OH is 1. The lowest BCUT2D eigenvalue weighted by Gasteiger charge is -2.22. The average molecular weight is 422 g/mol. The summed E-state index contributed by atoms with van der Waals surface area (Å²) in [6.07, 6.45) is -0.499. The molecule has 0 aliphatic rings. The molecular formula is C26H31NO2S. The maximum Gasteiger partial charge on any atom is 0.176 e. The molecule has 2 N–H and O–H groups in total. The zero-order valence-corrected chi connectivity index (χ0v) is 19.2. The van der Waals surface area contributed by atoms with Crippen molar-refractivity contribution in [2.75, 3.05) is 5.32 Å². The highest BCUT2D eigenvalue weighted by atomic mass is 32.1. The largest absolute Gasteiger partial charge is 0.389 e. The lowest BCUT2D eigenvalue weighted by Crippen LogP contribution is -2.25. The highest BCUT2D eigenvalue weighted by Crippen LogP contribution is 2.34. The minimum absolute atomic E-state index is 0.0469. The highest BCUT2D eigenvalue weighted by Gasteiger charge is 2.27. The van der Waals surface area contributed by atoms with E-state index in [-0.39, 0.29) is 11.7 Å². The molecule has 0 spiro atoms. The zero-order chi connectivity index (χ0) is 21.8. The lowest BCUT2D eigenvalue weighted by molar-refractivity contribution is 0.0844. The van der Waals surface area contributed by atoms with Gasteiger partial charge in [0.05, 0.1) is 11.0 Å². The van der Waals surface area contributed by atoms with Crippen molar-refractivity contribution in [1.29, 1.82) is 0 Å². The van der Waals surface area contributed by atoms with Crippen molar-refractivity contribution >= 4 is 28.5 Å². The molecule has 3 nitrogen and oxygen atoms in total. The van der Waals surface area contributed by atoms with Gasteiger partial charge in [0.1, 0.15) is 0 Å². The van der Waals surface area contributed by atoms with Crippen LogP contribution in [-0.4, -0.2) is 10.9 Å². The van der Waals surface area contributed by atoms with Gasteiger partial charge in [-0.2, -0.15) is 0 Å². The van der Waals surface area contributed by atoms with E-state index in [9.17, 15) is 9.90 Å². The average Bonchev–Trinajstić information content (AvgIpc) is 3.18. The smallest absolute Gasteiger partial charge is 0.176 e. The molecule has 3 rings (SSSR count). The van der Waals surface area contributed by atoms with E-state index < -0.39 is 6.10 Å². The number of hydrogen-bond donors (Lipinski definition) is 2. The van der Waals surface area contributed by atoms with Crippen LogP contribution in [0.15, 0.2) is 60.7 Å². The first-order valence-electron chi connectivity index (χ1n) is 10.6. The minimum Gasteiger partial charge on any atom is -0.389 e. The molecule has 0 aliphatic carbocycles. The highest BCUT2D eigenvalue weighted by molar-refractivity contribution is 7.17. The second-order valence-corrected chi connectivity index (χ2v) is 9.63. The number of Topliss-reactive ketones (excluding diaryl/α,β-unsaturated/α-hetero) is 1. The summed E-state index contributed by atoms with van der Waals surface area (Å²) in [5.74, 6) is 0.951. The van der Waals surface area contributed by atoms with Gasteiger partial charge in [0, 0.05) is 22.2 Å². The molecule has 0 bridgehead atoms. The second-order valence-electron chi connectivity index (χ2n) is 8.55. The maximum absolute atomic E-state index is 13.0. The van der Waals surface area contributed by atoms with Crippen molar-refractivity contribution in [1.82, 2.24) is 0 Å². The summed E-state index contributed by atoms with van der Waals surface area (Å²) >= 11 is 1.57. The van der Waals surface area contributed by atoms with Gasteiger partial charge >= 0.3 is 0 Å². The molecular weight excluding hydrogens is 390 g/mol. The van der Waals surface area contributed by atoms with Crippen LogP contribution in [-0.2, 0) is 0 Å². The number of hydrogen-bond acceptors (Lipinski definition) is 4. The number of carbonyl (C=O) groups is 1. The lowest BCUT2D eigenvalue weighted by atomic mass is 9.82. The van der Waals surface area contributed by atoms with Gasteiger partial charge in [-0.25, -0.2) is 0 Å². The van der Waals surface area contributed by atoms with Crippen LogP contribution >= 0.6 is 11.3 Å². The Labute approximate surface area is 183 Å². The molecule has 0 amide bonds. The molecule has 4 heteroatoms. The summed E-state index contributed by atoms with van der Waals surface area (Å²) < 4.78 is 0. The summed E-state index contributed by atoms with van der Waals surface area (Å²) in [5, 5.41) is 13.2. The normalized spacial score (nSPS) is 12.6. The molecule has 0 fully saturated rings. The fourth-order valence-corrected chi connectivity index (χ4v) is 4.95. The Balaban J connectivity index is 1.82. The van der Waals surface area contributed by atoms with Gasteiger partial charge in [0.15, 0.2) is 5.78 Å². The first-order valence-corrected chi connectivity index (χ1v) is 11.4. The van der Waals surface area contributed by atoms with E-state index in [1.165, 1.54) is 0 Å². The zero-order valence-electron chi connectivity index (χ0n) is 18.3. The van der Waals surface area contributed by atoms with Crippen LogP contribution < -0.4 is 5.32 Å². The van der Waals surface area contributed by atoms with Crippen molar-refractivity contribution < 1.29 is 9.90 Å². The molecule has 0 saturated heterocycles. The topological polar surface area (TPSA) is 49.3 Å². The van der Waals surface area contributed by atoms with Gasteiger partial charge in [0.2, 0.25) is 0 Å². The van der Waals surface area contributed by atoms with Crippen molar-refractivity contribution in [3.05, 3.63) is 71.1 Å². The van der Waals surface area contributed by atoms with Gasteiger partial charge in [-0.3, -0.25) is 4.79 Å². The SMILES string of the molecule is CC(O)c1cccc(Nc2cccc(-c3ccc(C(=O)C(C(C)C)C(C)C)s3)c2)c1. The van der Waals surface area contributed by atoms with Gasteiger partial charge in [-0.05, 0) is 66.3 Å². The summed E-state index contributed by atoms with van der Waals surface area (Å²) in [7, 11) is 0. The summed E-state index contributed by atoms with van der Waals surface area (Å²) in [6, 6.07) is 20.0. The molecule has 30 heavy (non-hydrogen) atoms. The van der Waals surface area contributed by atoms with E-state index in [0.29, 0.717) is 11.8 Å². The number of aliphatic hydroxyl groups is 1. The predicted molar refractivity (Wildman–Crippen MR) is 128 cm³/mol. The summed E-state index contributed by atoms with van der Waals surface area (Å²) in [6.45, 7) is 10.3. The van der Waals surface area contributed by atoms with E-state index in [1.807, 2.05) is 48.5 Å². The fourth-order valence-electron chi connectivity index (χ4n) is 3.96. The van der Waals surface area contributed by atoms with Gasteiger partial charge in [-0.15, -0.1) is 11.3 Å². The molecule has 2 aromatic carbocycles. The van der Waals surface area contributed by atoms with Crippen molar-refractivity contribution in [3.8, 4) is 10.4 Å². The first kappa shape index (κ1) is 22.3. The number of rotatable bonds is 8. The Morgan fingerprint density at radius 3 is 2.13 bits per heavy atom. The monoisotopic (exact) mass is 421 g/mol. The van der Waals surface area contributed by atoms with Gasteiger partial charge < -0.3 is 10.4 Å². The predicted octanol–water partition coefficient (Wildman–Crippen LogP) is 7.32. The van der Waals surface area contributed by atoms with Crippen LogP contribution in [0.2, 0.25) is 0 Å². The molecule has 1 heterocycles. The molecule has 0 saturated carbocycles. The Kier molecular flexibility index (Phi) is 7.11. The summed E-state index contributed by atoms with van der Waals surface area (Å²) in [5.41, 5.74) is 3.87. The first-order chi connectivity index (χ1) is 14.3. The molecule has 158 valence electrons.